The second kappa shape index (κ2) is 6.26. The van der Waals surface area contributed by atoms with E-state index in [1.165, 1.54) is 6.07 Å². The molecule has 0 aromatic heterocycles. The van der Waals surface area contributed by atoms with Crippen LogP contribution in [0.2, 0.25) is 0 Å². The number of aliphatic hydroxyl groups excluding tert-OH is 1. The van der Waals surface area contributed by atoms with Crippen molar-refractivity contribution in [3.8, 4) is 17.6 Å². The summed E-state index contributed by atoms with van der Waals surface area (Å²) < 4.78 is 53.6. The van der Waals surface area contributed by atoms with Crippen molar-refractivity contribution in [2.45, 2.75) is 12.6 Å². The summed E-state index contributed by atoms with van der Waals surface area (Å²) in [5.41, 5.74) is 0.229. The van der Waals surface area contributed by atoms with E-state index in [0.717, 1.165) is 12.1 Å². The van der Waals surface area contributed by atoms with E-state index in [0.29, 0.717) is 0 Å². The highest BCUT2D eigenvalue weighted by molar-refractivity contribution is 5.46. The molecular weight excluding hydrogens is 252 g/mol. The smallest absolute Gasteiger partial charge is 0.392 e. The molecule has 0 heterocycles. The quantitative estimate of drug-likeness (QED) is 0.670. The maximum absolute atomic E-state index is 12.9. The molecule has 0 saturated heterocycles. The number of hydrogen-bond acceptors (Lipinski definition) is 2. The van der Waals surface area contributed by atoms with Gasteiger partial charge in [0.1, 0.15) is 18.2 Å². The van der Waals surface area contributed by atoms with Gasteiger partial charge in [-0.2, -0.15) is 13.2 Å². The molecule has 18 heavy (non-hydrogen) atoms. The molecule has 2 nitrogen and oxygen atoms in total. The van der Waals surface area contributed by atoms with Crippen molar-refractivity contribution in [2.24, 2.45) is 0 Å². The average Bonchev–Trinajstić information content (AvgIpc) is 2.26. The number of rotatable bonds is 3. The molecule has 1 N–H and O–H groups in total. The molecule has 6 heteroatoms. The van der Waals surface area contributed by atoms with Crippen LogP contribution in [-0.4, -0.2) is 24.5 Å². The minimum Gasteiger partial charge on any atom is -0.492 e. The van der Waals surface area contributed by atoms with E-state index in [1.807, 2.05) is 0 Å². The van der Waals surface area contributed by atoms with Crippen molar-refractivity contribution < 1.29 is 27.4 Å². The van der Waals surface area contributed by atoms with E-state index in [-0.39, 0.29) is 11.3 Å². The van der Waals surface area contributed by atoms with Crippen LogP contribution in [0.4, 0.5) is 17.6 Å². The van der Waals surface area contributed by atoms with Crippen LogP contribution in [0.3, 0.4) is 0 Å². The van der Waals surface area contributed by atoms with Crippen molar-refractivity contribution >= 4 is 0 Å². The third kappa shape index (κ3) is 5.06. The zero-order valence-corrected chi connectivity index (χ0v) is 9.22. The lowest BCUT2D eigenvalue weighted by atomic mass is 10.2. The molecule has 0 bridgehead atoms. The summed E-state index contributed by atoms with van der Waals surface area (Å²) in [6.45, 7) is -1.01. The molecule has 1 aromatic carbocycles. The van der Waals surface area contributed by atoms with E-state index in [1.54, 1.807) is 0 Å². The Bertz CT molecular complexity index is 457. The van der Waals surface area contributed by atoms with Crippen molar-refractivity contribution in [3.63, 3.8) is 0 Å². The van der Waals surface area contributed by atoms with Gasteiger partial charge in [-0.25, -0.2) is 4.39 Å². The SMILES string of the molecule is OCC#Cc1ccc(F)cc1OCCC(F)(F)F. The predicted octanol–water partition coefficient (Wildman–Crippen LogP) is 2.50. The Hall–Kier alpha value is -1.74. The monoisotopic (exact) mass is 262 g/mol. The summed E-state index contributed by atoms with van der Waals surface area (Å²) in [7, 11) is 0. The van der Waals surface area contributed by atoms with Crippen molar-refractivity contribution in [1.29, 1.82) is 0 Å². The van der Waals surface area contributed by atoms with Gasteiger partial charge in [0.05, 0.1) is 18.6 Å². The Morgan fingerprint density at radius 3 is 2.61 bits per heavy atom. The summed E-state index contributed by atoms with van der Waals surface area (Å²) in [5, 5.41) is 8.52. The largest absolute Gasteiger partial charge is 0.492 e. The normalized spacial score (nSPS) is 10.7. The van der Waals surface area contributed by atoms with Gasteiger partial charge in [-0.05, 0) is 12.1 Å². The minimum atomic E-state index is -4.33. The lowest BCUT2D eigenvalue weighted by Gasteiger charge is -2.10. The van der Waals surface area contributed by atoms with Crippen LogP contribution in [0.1, 0.15) is 12.0 Å². The Morgan fingerprint density at radius 2 is 2.00 bits per heavy atom. The molecule has 98 valence electrons. The van der Waals surface area contributed by atoms with Crippen LogP contribution in [-0.2, 0) is 0 Å². The Labute approximate surface area is 101 Å². The number of alkyl halides is 3. The number of benzene rings is 1. The fraction of sp³-hybridized carbons (Fsp3) is 0.333. The second-order valence-electron chi connectivity index (χ2n) is 3.31. The highest BCUT2D eigenvalue weighted by atomic mass is 19.4. The summed E-state index contributed by atoms with van der Waals surface area (Å²) in [4.78, 5) is 0. The van der Waals surface area contributed by atoms with Gasteiger partial charge in [0, 0.05) is 6.07 Å². The van der Waals surface area contributed by atoms with Crippen LogP contribution in [0.25, 0.3) is 0 Å². The third-order valence-electron chi connectivity index (χ3n) is 1.89. The van der Waals surface area contributed by atoms with E-state index >= 15 is 0 Å². The van der Waals surface area contributed by atoms with Crippen molar-refractivity contribution in [2.75, 3.05) is 13.2 Å². The van der Waals surface area contributed by atoms with Gasteiger partial charge in [-0.3, -0.25) is 0 Å². The molecule has 0 amide bonds. The van der Waals surface area contributed by atoms with Gasteiger partial charge >= 0.3 is 6.18 Å². The topological polar surface area (TPSA) is 29.5 Å². The number of ether oxygens (including phenoxy) is 1. The molecule has 0 aliphatic carbocycles. The maximum atomic E-state index is 12.9. The highest BCUT2D eigenvalue weighted by Crippen LogP contribution is 2.23. The molecule has 0 unspecified atom stereocenters. The Morgan fingerprint density at radius 1 is 1.28 bits per heavy atom. The molecule has 1 aromatic rings. The van der Waals surface area contributed by atoms with Crippen LogP contribution in [0.5, 0.6) is 5.75 Å². The summed E-state index contributed by atoms with van der Waals surface area (Å²) >= 11 is 0. The summed E-state index contributed by atoms with van der Waals surface area (Å²) in [6.07, 6.45) is -5.46. The lowest BCUT2D eigenvalue weighted by molar-refractivity contribution is -0.139. The first kappa shape index (κ1) is 14.3. The predicted molar refractivity (Wildman–Crippen MR) is 56.5 cm³/mol. The Balaban J connectivity index is 2.76. The van der Waals surface area contributed by atoms with Gasteiger partial charge in [0.2, 0.25) is 0 Å². The maximum Gasteiger partial charge on any atom is 0.392 e. The zero-order valence-electron chi connectivity index (χ0n) is 9.22. The second-order valence-corrected chi connectivity index (χ2v) is 3.31. The lowest BCUT2D eigenvalue weighted by Crippen LogP contribution is -2.13. The van der Waals surface area contributed by atoms with Crippen LogP contribution >= 0.6 is 0 Å². The minimum absolute atomic E-state index is 0.0693. The first-order valence-corrected chi connectivity index (χ1v) is 5.01. The molecular formula is C12H10F4O2. The van der Waals surface area contributed by atoms with Gasteiger partial charge in [0.15, 0.2) is 0 Å². The van der Waals surface area contributed by atoms with Crippen molar-refractivity contribution in [1.82, 2.24) is 0 Å². The van der Waals surface area contributed by atoms with Crippen LogP contribution < -0.4 is 4.74 Å². The first-order valence-electron chi connectivity index (χ1n) is 5.01. The van der Waals surface area contributed by atoms with Crippen LogP contribution in [0.15, 0.2) is 18.2 Å². The standard InChI is InChI=1S/C12H10F4O2/c13-10-4-3-9(2-1-6-17)11(8-10)18-7-5-12(14,15)16/h3-4,8,17H,5-7H2. The number of hydrogen-bond donors (Lipinski definition) is 1. The van der Waals surface area contributed by atoms with Gasteiger partial charge in [-0.15, -0.1) is 0 Å². The van der Waals surface area contributed by atoms with Gasteiger partial charge < -0.3 is 9.84 Å². The molecule has 0 aliphatic rings. The third-order valence-corrected chi connectivity index (χ3v) is 1.89. The number of halogens is 4. The average molecular weight is 262 g/mol. The fourth-order valence-corrected chi connectivity index (χ4v) is 1.13. The van der Waals surface area contributed by atoms with Gasteiger partial charge in [-0.1, -0.05) is 11.8 Å². The molecule has 1 rings (SSSR count). The number of aliphatic hydroxyl groups is 1. The molecule has 0 aliphatic heterocycles. The van der Waals surface area contributed by atoms with E-state index in [2.05, 4.69) is 11.8 Å². The fourth-order valence-electron chi connectivity index (χ4n) is 1.13. The molecule has 0 spiro atoms. The summed E-state index contributed by atoms with van der Waals surface area (Å²) in [5.74, 6) is 4.07. The van der Waals surface area contributed by atoms with Gasteiger partial charge in [0.25, 0.3) is 0 Å². The highest BCUT2D eigenvalue weighted by Gasteiger charge is 2.27. The Kier molecular flexibility index (Phi) is 4.98. The first-order chi connectivity index (χ1) is 8.42. The van der Waals surface area contributed by atoms with Crippen molar-refractivity contribution in [3.05, 3.63) is 29.6 Å². The molecule has 0 fully saturated rings. The molecule has 0 radical (unpaired) electrons. The van der Waals surface area contributed by atoms with Crippen LogP contribution in [0, 0.1) is 17.7 Å². The summed E-state index contributed by atoms with van der Waals surface area (Å²) in [6, 6.07) is 3.34. The van der Waals surface area contributed by atoms with E-state index in [9.17, 15) is 17.6 Å². The van der Waals surface area contributed by atoms with E-state index < -0.39 is 31.6 Å². The molecule has 0 saturated carbocycles. The zero-order chi connectivity index (χ0) is 13.6. The molecule has 0 atom stereocenters. The van der Waals surface area contributed by atoms with E-state index in [4.69, 9.17) is 9.84 Å².